The van der Waals surface area contributed by atoms with Crippen LogP contribution in [0.1, 0.15) is 19.4 Å². The smallest absolute Gasteiger partial charge is 0.247 e. The minimum Gasteiger partial charge on any atom is -0.494 e. The summed E-state index contributed by atoms with van der Waals surface area (Å²) in [5, 5.41) is 3.41. The summed E-state index contributed by atoms with van der Waals surface area (Å²) in [6, 6.07) is 13.8. The Morgan fingerprint density at radius 3 is 2.34 bits per heavy atom. The molecule has 1 aliphatic rings. The van der Waals surface area contributed by atoms with Gasteiger partial charge in [-0.15, -0.1) is 0 Å². The highest BCUT2D eigenvalue weighted by Crippen LogP contribution is 2.31. The van der Waals surface area contributed by atoms with Gasteiger partial charge in [0.15, 0.2) is 0 Å². The molecule has 2 amide bonds. The van der Waals surface area contributed by atoms with E-state index >= 15 is 0 Å². The normalized spacial score (nSPS) is 19.6. The van der Waals surface area contributed by atoms with Crippen LogP contribution in [-0.4, -0.2) is 56.0 Å². The molecule has 0 unspecified atom stereocenters. The van der Waals surface area contributed by atoms with Crippen molar-refractivity contribution in [2.45, 2.75) is 25.9 Å². The van der Waals surface area contributed by atoms with E-state index in [0.717, 1.165) is 16.1 Å². The molecule has 1 fully saturated rings. The molecule has 2 aromatic carbocycles. The Kier molecular flexibility index (Phi) is 7.12. The lowest BCUT2D eigenvalue weighted by Crippen LogP contribution is -2.70. The van der Waals surface area contributed by atoms with Crippen LogP contribution in [0.3, 0.4) is 0 Å². The first-order valence-electron chi connectivity index (χ1n) is 10.1. The van der Waals surface area contributed by atoms with Crippen molar-refractivity contribution in [3.8, 4) is 5.75 Å². The molecule has 0 saturated carbocycles. The lowest BCUT2D eigenvalue weighted by Gasteiger charge is -2.46. The molecule has 1 saturated heterocycles. The number of carbonyl (C=O) groups is 2. The second kappa shape index (κ2) is 9.48. The standard InChI is InChI=1S/C22H26ClN3O5S/c1-4-31-19-11-9-18(10-12-19)26-20(27)14-25(32(3,29)30)15-22(26,2)21(28)24-13-16-5-7-17(23)8-6-16/h5-12H,4,13-15H2,1-3H3,(H,24,28)/t22-/m1/s1. The number of nitrogens with one attached hydrogen (secondary N) is 1. The van der Waals surface area contributed by atoms with Gasteiger partial charge in [-0.05, 0) is 55.8 Å². The Balaban J connectivity index is 1.92. The van der Waals surface area contributed by atoms with Crippen molar-refractivity contribution < 1.29 is 22.7 Å². The van der Waals surface area contributed by atoms with Gasteiger partial charge in [-0.3, -0.25) is 14.5 Å². The number of anilines is 1. The predicted molar refractivity (Wildman–Crippen MR) is 123 cm³/mol. The van der Waals surface area contributed by atoms with Crippen molar-refractivity contribution in [3.05, 3.63) is 59.1 Å². The first-order valence-corrected chi connectivity index (χ1v) is 12.3. The number of rotatable bonds is 7. The van der Waals surface area contributed by atoms with Crippen LogP contribution in [0.15, 0.2) is 48.5 Å². The van der Waals surface area contributed by atoms with Crippen molar-refractivity contribution in [3.63, 3.8) is 0 Å². The summed E-state index contributed by atoms with van der Waals surface area (Å²) >= 11 is 5.91. The fraction of sp³-hybridized carbons (Fsp3) is 0.364. The van der Waals surface area contributed by atoms with Crippen molar-refractivity contribution >= 4 is 39.1 Å². The minimum absolute atomic E-state index is 0.169. The Labute approximate surface area is 193 Å². The zero-order chi connectivity index (χ0) is 23.5. The molecular weight excluding hydrogens is 454 g/mol. The number of ether oxygens (including phenoxy) is 1. The maximum absolute atomic E-state index is 13.4. The van der Waals surface area contributed by atoms with Gasteiger partial charge in [0.05, 0.1) is 19.4 Å². The van der Waals surface area contributed by atoms with E-state index in [1.807, 2.05) is 6.92 Å². The first-order chi connectivity index (χ1) is 15.0. The second-order valence-electron chi connectivity index (χ2n) is 7.77. The fourth-order valence-electron chi connectivity index (χ4n) is 3.64. The van der Waals surface area contributed by atoms with E-state index in [0.29, 0.717) is 23.1 Å². The summed E-state index contributed by atoms with van der Waals surface area (Å²) in [7, 11) is -3.68. The Hall–Kier alpha value is -2.62. The summed E-state index contributed by atoms with van der Waals surface area (Å²) < 4.78 is 30.9. The third kappa shape index (κ3) is 5.23. The van der Waals surface area contributed by atoms with E-state index in [-0.39, 0.29) is 19.6 Å². The number of hydrogen-bond donors (Lipinski definition) is 1. The number of carbonyl (C=O) groups excluding carboxylic acids is 2. The Morgan fingerprint density at radius 2 is 1.78 bits per heavy atom. The van der Waals surface area contributed by atoms with E-state index in [1.165, 1.54) is 4.90 Å². The molecule has 32 heavy (non-hydrogen) atoms. The molecule has 0 bridgehead atoms. The van der Waals surface area contributed by atoms with Gasteiger partial charge in [0.2, 0.25) is 21.8 Å². The van der Waals surface area contributed by atoms with Gasteiger partial charge in [-0.2, -0.15) is 4.31 Å². The van der Waals surface area contributed by atoms with E-state index in [4.69, 9.17) is 16.3 Å². The summed E-state index contributed by atoms with van der Waals surface area (Å²) in [4.78, 5) is 27.8. The molecule has 1 heterocycles. The van der Waals surface area contributed by atoms with Crippen LogP contribution in [-0.2, 0) is 26.2 Å². The van der Waals surface area contributed by atoms with Gasteiger partial charge in [0.25, 0.3) is 0 Å². The topological polar surface area (TPSA) is 96.0 Å². The van der Waals surface area contributed by atoms with Crippen LogP contribution in [0.5, 0.6) is 5.75 Å². The highest BCUT2D eigenvalue weighted by Gasteiger charge is 2.50. The van der Waals surface area contributed by atoms with Crippen LogP contribution in [0.4, 0.5) is 5.69 Å². The van der Waals surface area contributed by atoms with Crippen molar-refractivity contribution in [2.75, 3.05) is 30.9 Å². The fourth-order valence-corrected chi connectivity index (χ4v) is 4.59. The molecule has 3 rings (SSSR count). The second-order valence-corrected chi connectivity index (χ2v) is 10.2. The van der Waals surface area contributed by atoms with Crippen LogP contribution in [0.2, 0.25) is 5.02 Å². The molecule has 1 N–H and O–H groups in total. The molecule has 1 aliphatic heterocycles. The van der Waals surface area contributed by atoms with Gasteiger partial charge < -0.3 is 10.1 Å². The maximum Gasteiger partial charge on any atom is 0.247 e. The van der Waals surface area contributed by atoms with Crippen LogP contribution < -0.4 is 15.0 Å². The molecule has 0 aromatic heterocycles. The number of halogens is 1. The highest BCUT2D eigenvalue weighted by molar-refractivity contribution is 7.88. The maximum atomic E-state index is 13.4. The zero-order valence-electron chi connectivity index (χ0n) is 18.2. The van der Waals surface area contributed by atoms with Crippen LogP contribution >= 0.6 is 11.6 Å². The molecule has 0 radical (unpaired) electrons. The van der Waals surface area contributed by atoms with Gasteiger partial charge in [0.1, 0.15) is 11.3 Å². The lowest BCUT2D eigenvalue weighted by molar-refractivity contribution is -0.133. The van der Waals surface area contributed by atoms with Gasteiger partial charge in [-0.25, -0.2) is 8.42 Å². The SMILES string of the molecule is CCOc1ccc(N2C(=O)CN(S(C)(=O)=O)C[C@]2(C)C(=O)NCc2ccc(Cl)cc2)cc1. The van der Waals surface area contributed by atoms with Gasteiger partial charge in [0, 0.05) is 23.8 Å². The lowest BCUT2D eigenvalue weighted by atomic mass is 9.94. The summed E-state index contributed by atoms with van der Waals surface area (Å²) in [5.41, 5.74) is -0.158. The number of benzene rings is 2. The quantitative estimate of drug-likeness (QED) is 0.658. The summed E-state index contributed by atoms with van der Waals surface area (Å²) in [5.74, 6) is -0.328. The number of amides is 2. The number of nitrogens with zero attached hydrogens (tertiary/aromatic N) is 2. The van der Waals surface area contributed by atoms with E-state index in [2.05, 4.69) is 5.32 Å². The third-order valence-electron chi connectivity index (χ3n) is 5.27. The minimum atomic E-state index is -3.68. The highest BCUT2D eigenvalue weighted by atomic mass is 35.5. The molecule has 0 spiro atoms. The Bertz CT molecular complexity index is 1090. The third-order valence-corrected chi connectivity index (χ3v) is 6.72. The molecular formula is C22H26ClN3O5S. The molecule has 10 heteroatoms. The van der Waals surface area contributed by atoms with E-state index in [1.54, 1.807) is 55.5 Å². The van der Waals surface area contributed by atoms with Crippen LogP contribution in [0, 0.1) is 0 Å². The van der Waals surface area contributed by atoms with Crippen LogP contribution in [0.25, 0.3) is 0 Å². The van der Waals surface area contributed by atoms with Crippen molar-refractivity contribution in [1.29, 1.82) is 0 Å². The molecule has 172 valence electrons. The van der Waals surface area contributed by atoms with Gasteiger partial charge >= 0.3 is 0 Å². The average Bonchev–Trinajstić information content (AvgIpc) is 2.73. The number of sulfonamides is 1. The molecule has 0 aliphatic carbocycles. The van der Waals surface area contributed by atoms with E-state index in [9.17, 15) is 18.0 Å². The average molecular weight is 480 g/mol. The van der Waals surface area contributed by atoms with Crippen molar-refractivity contribution in [1.82, 2.24) is 9.62 Å². The monoisotopic (exact) mass is 479 g/mol. The predicted octanol–water partition coefficient (Wildman–Crippen LogP) is 2.42. The first kappa shape index (κ1) is 24.0. The van der Waals surface area contributed by atoms with Crippen molar-refractivity contribution in [2.24, 2.45) is 0 Å². The molecule has 1 atom stereocenters. The summed E-state index contributed by atoms with van der Waals surface area (Å²) in [6.45, 7) is 3.62. The number of hydrogen-bond acceptors (Lipinski definition) is 5. The van der Waals surface area contributed by atoms with Gasteiger partial charge in [-0.1, -0.05) is 23.7 Å². The Morgan fingerprint density at radius 1 is 1.16 bits per heavy atom. The largest absolute Gasteiger partial charge is 0.494 e. The summed E-state index contributed by atoms with van der Waals surface area (Å²) in [6.07, 6.45) is 1.03. The number of piperazine rings is 1. The molecule has 2 aromatic rings. The van der Waals surface area contributed by atoms with E-state index < -0.39 is 27.4 Å². The molecule has 8 nitrogen and oxygen atoms in total. The zero-order valence-corrected chi connectivity index (χ0v) is 19.7.